The highest BCUT2D eigenvalue weighted by Crippen LogP contribution is 2.37. The van der Waals surface area contributed by atoms with E-state index >= 15 is 0 Å². The van der Waals surface area contributed by atoms with Gasteiger partial charge in [-0.15, -0.1) is 0 Å². The first-order valence-electron chi connectivity index (χ1n) is 4.02. The average Bonchev–Trinajstić information content (AvgIpc) is 2.58. The first kappa shape index (κ1) is 8.34. The number of benzene rings is 1. The molecule has 0 aromatic heterocycles. The van der Waals surface area contributed by atoms with Gasteiger partial charge in [0.15, 0.2) is 11.5 Å². The molecule has 0 saturated heterocycles. The molecular weight excluding hydrogens is 170 g/mol. The lowest BCUT2D eigenvalue weighted by atomic mass is 10.1. The van der Waals surface area contributed by atoms with Crippen LogP contribution in [0.5, 0.6) is 11.5 Å². The monoisotopic (exact) mass is 181 g/mol. The second kappa shape index (κ2) is 3.24. The van der Waals surface area contributed by atoms with E-state index in [9.17, 15) is 0 Å². The van der Waals surface area contributed by atoms with Crippen molar-refractivity contribution in [3.8, 4) is 11.5 Å². The first-order chi connectivity index (χ1) is 6.33. The Hall–Kier alpha value is -1.26. The summed E-state index contributed by atoms with van der Waals surface area (Å²) in [6.07, 6.45) is 0. The normalized spacial score (nSPS) is 13.4. The van der Waals surface area contributed by atoms with Crippen LogP contribution < -0.4 is 15.4 Å². The van der Waals surface area contributed by atoms with Gasteiger partial charge < -0.3 is 9.47 Å². The molecule has 0 aliphatic carbocycles. The molecule has 0 radical (unpaired) electrons. The largest absolute Gasteiger partial charge is 0.454 e. The van der Waals surface area contributed by atoms with Crippen molar-refractivity contribution in [2.24, 2.45) is 5.90 Å². The van der Waals surface area contributed by atoms with Crippen molar-refractivity contribution in [3.63, 3.8) is 0 Å². The van der Waals surface area contributed by atoms with Crippen molar-refractivity contribution < 1.29 is 14.3 Å². The Kier molecular flexibility index (Phi) is 2.08. The molecule has 0 amide bonds. The van der Waals surface area contributed by atoms with Crippen LogP contribution in [-0.4, -0.2) is 6.79 Å². The lowest BCUT2D eigenvalue weighted by molar-refractivity contribution is 0.119. The summed E-state index contributed by atoms with van der Waals surface area (Å²) in [5.41, 5.74) is 2.05. The highest BCUT2D eigenvalue weighted by atomic mass is 16.7. The third-order valence-corrected chi connectivity index (χ3v) is 2.10. The van der Waals surface area contributed by atoms with Gasteiger partial charge in [0.05, 0.1) is 6.61 Å². The third-order valence-electron chi connectivity index (χ3n) is 2.10. The molecule has 1 aliphatic heterocycles. The van der Waals surface area contributed by atoms with E-state index in [1.54, 1.807) is 0 Å². The van der Waals surface area contributed by atoms with Gasteiger partial charge in [-0.05, 0) is 18.6 Å². The maximum Gasteiger partial charge on any atom is 0.231 e. The van der Waals surface area contributed by atoms with Gasteiger partial charge >= 0.3 is 0 Å². The summed E-state index contributed by atoms with van der Waals surface area (Å²) >= 11 is 0. The zero-order valence-corrected chi connectivity index (χ0v) is 7.37. The molecule has 0 bridgehead atoms. The number of ether oxygens (including phenoxy) is 2. The zero-order valence-electron chi connectivity index (χ0n) is 7.37. The molecular formula is C9H11NO3. The third kappa shape index (κ3) is 1.34. The lowest BCUT2D eigenvalue weighted by Gasteiger charge is -2.07. The van der Waals surface area contributed by atoms with Crippen molar-refractivity contribution in [2.75, 3.05) is 6.79 Å². The minimum absolute atomic E-state index is 0.274. The molecule has 2 rings (SSSR count). The summed E-state index contributed by atoms with van der Waals surface area (Å²) in [6, 6.07) is 3.85. The van der Waals surface area contributed by atoms with Crippen molar-refractivity contribution in [1.29, 1.82) is 0 Å². The fourth-order valence-corrected chi connectivity index (χ4v) is 1.39. The first-order valence-corrected chi connectivity index (χ1v) is 4.02. The summed E-state index contributed by atoms with van der Waals surface area (Å²) in [5, 5.41) is 0. The van der Waals surface area contributed by atoms with Gasteiger partial charge in [0.1, 0.15) is 0 Å². The Balaban J connectivity index is 2.45. The van der Waals surface area contributed by atoms with E-state index in [4.69, 9.17) is 15.4 Å². The second-order valence-electron chi connectivity index (χ2n) is 2.91. The molecule has 1 aromatic rings. The second-order valence-corrected chi connectivity index (χ2v) is 2.91. The molecule has 13 heavy (non-hydrogen) atoms. The molecule has 2 N–H and O–H groups in total. The minimum Gasteiger partial charge on any atom is -0.454 e. The summed E-state index contributed by atoms with van der Waals surface area (Å²) in [4.78, 5) is 4.60. The van der Waals surface area contributed by atoms with Crippen LogP contribution in [-0.2, 0) is 11.4 Å². The molecule has 0 fully saturated rings. The van der Waals surface area contributed by atoms with Gasteiger partial charge in [-0.2, -0.15) is 0 Å². The van der Waals surface area contributed by atoms with Crippen molar-refractivity contribution in [1.82, 2.24) is 0 Å². The fraction of sp³-hybridized carbons (Fsp3) is 0.333. The maximum atomic E-state index is 5.31. The Morgan fingerprint density at radius 2 is 2.31 bits per heavy atom. The van der Waals surface area contributed by atoms with Crippen LogP contribution >= 0.6 is 0 Å². The van der Waals surface area contributed by atoms with Gasteiger partial charge in [0.2, 0.25) is 6.79 Å². The highest BCUT2D eigenvalue weighted by Gasteiger charge is 2.18. The van der Waals surface area contributed by atoms with E-state index in [2.05, 4.69) is 4.84 Å². The van der Waals surface area contributed by atoms with E-state index in [0.717, 1.165) is 22.6 Å². The SMILES string of the molecule is Cc1ccc2c(c1CON)OCO2. The maximum absolute atomic E-state index is 5.31. The minimum atomic E-state index is 0.274. The Labute approximate surface area is 76.2 Å². The topological polar surface area (TPSA) is 53.7 Å². The number of fused-ring (bicyclic) bond motifs is 1. The van der Waals surface area contributed by atoms with Gasteiger partial charge in [-0.1, -0.05) is 6.07 Å². The molecule has 1 aliphatic rings. The van der Waals surface area contributed by atoms with E-state index in [0.29, 0.717) is 6.61 Å². The quantitative estimate of drug-likeness (QED) is 0.694. The molecule has 0 unspecified atom stereocenters. The Morgan fingerprint density at radius 3 is 3.08 bits per heavy atom. The van der Waals surface area contributed by atoms with Gasteiger partial charge in [0.25, 0.3) is 0 Å². The predicted molar refractivity (Wildman–Crippen MR) is 46.3 cm³/mol. The molecule has 1 aromatic carbocycles. The zero-order chi connectivity index (χ0) is 9.26. The summed E-state index contributed by atoms with van der Waals surface area (Å²) in [6.45, 7) is 2.60. The standard InChI is InChI=1S/C9H11NO3/c1-6-2-3-8-9(12-5-11-8)7(6)4-13-10/h2-3H,4-5,10H2,1H3. The van der Waals surface area contributed by atoms with Crippen LogP contribution in [0.25, 0.3) is 0 Å². The van der Waals surface area contributed by atoms with E-state index in [1.807, 2.05) is 19.1 Å². The van der Waals surface area contributed by atoms with Crippen molar-refractivity contribution in [3.05, 3.63) is 23.3 Å². The number of nitrogens with two attached hydrogens (primary N) is 1. The molecule has 0 saturated carbocycles. The van der Waals surface area contributed by atoms with Crippen molar-refractivity contribution >= 4 is 0 Å². The van der Waals surface area contributed by atoms with Crippen LogP contribution in [0.2, 0.25) is 0 Å². The number of aryl methyl sites for hydroxylation is 1. The van der Waals surface area contributed by atoms with Gasteiger partial charge in [0, 0.05) is 5.56 Å². The van der Waals surface area contributed by atoms with Crippen LogP contribution in [0, 0.1) is 6.92 Å². The number of hydrogen-bond donors (Lipinski definition) is 1. The van der Waals surface area contributed by atoms with Crippen LogP contribution in [0.3, 0.4) is 0 Å². The Bertz CT molecular complexity index is 325. The molecule has 70 valence electrons. The van der Waals surface area contributed by atoms with E-state index in [-0.39, 0.29) is 6.79 Å². The highest BCUT2D eigenvalue weighted by molar-refractivity contribution is 5.51. The number of hydrogen-bond acceptors (Lipinski definition) is 4. The molecule has 0 spiro atoms. The fourth-order valence-electron chi connectivity index (χ4n) is 1.39. The summed E-state index contributed by atoms with van der Waals surface area (Å²) < 4.78 is 10.5. The van der Waals surface area contributed by atoms with Gasteiger partial charge in [-0.25, -0.2) is 5.90 Å². The predicted octanol–water partition coefficient (Wildman–Crippen LogP) is 1.11. The van der Waals surface area contributed by atoms with Crippen LogP contribution in [0.4, 0.5) is 0 Å². The van der Waals surface area contributed by atoms with E-state index < -0.39 is 0 Å². The summed E-state index contributed by atoms with van der Waals surface area (Å²) in [7, 11) is 0. The smallest absolute Gasteiger partial charge is 0.231 e. The van der Waals surface area contributed by atoms with Crippen molar-refractivity contribution in [2.45, 2.75) is 13.5 Å². The Morgan fingerprint density at radius 1 is 1.46 bits per heavy atom. The average molecular weight is 181 g/mol. The summed E-state index contributed by atoms with van der Waals surface area (Å²) in [5.74, 6) is 6.54. The van der Waals surface area contributed by atoms with Crippen LogP contribution in [0.15, 0.2) is 12.1 Å². The molecule has 4 heteroatoms. The molecule has 1 heterocycles. The number of rotatable bonds is 2. The van der Waals surface area contributed by atoms with E-state index in [1.165, 1.54) is 0 Å². The lowest BCUT2D eigenvalue weighted by Crippen LogP contribution is -2.02. The molecule has 0 atom stereocenters. The van der Waals surface area contributed by atoms with Gasteiger partial charge in [-0.3, -0.25) is 4.84 Å². The van der Waals surface area contributed by atoms with Crippen LogP contribution in [0.1, 0.15) is 11.1 Å². The molecule has 4 nitrogen and oxygen atoms in total.